The first-order chi connectivity index (χ1) is 13.7. The first-order valence-corrected chi connectivity index (χ1v) is 10.0. The molecule has 0 spiro atoms. The molecular formula is C23H26N2O3. The van der Waals surface area contributed by atoms with Crippen molar-refractivity contribution in [2.24, 2.45) is 0 Å². The lowest BCUT2D eigenvalue weighted by atomic mass is 9.95. The van der Waals surface area contributed by atoms with E-state index < -0.39 is 6.04 Å². The van der Waals surface area contributed by atoms with Crippen LogP contribution in [-0.2, 0) is 11.3 Å². The molecule has 0 bridgehead atoms. The normalized spacial score (nSPS) is 19.4. The van der Waals surface area contributed by atoms with E-state index >= 15 is 0 Å². The number of nitrogens with one attached hydrogen (secondary N) is 1. The van der Waals surface area contributed by atoms with Gasteiger partial charge in [-0.2, -0.15) is 0 Å². The van der Waals surface area contributed by atoms with Crippen molar-refractivity contribution in [3.8, 4) is 5.75 Å². The Bertz CT molecular complexity index is 856. The first-order valence-electron chi connectivity index (χ1n) is 10.0. The van der Waals surface area contributed by atoms with Crippen LogP contribution in [0.4, 0.5) is 0 Å². The Kier molecular flexibility index (Phi) is 5.33. The van der Waals surface area contributed by atoms with Gasteiger partial charge in [-0.05, 0) is 42.2 Å². The second kappa shape index (κ2) is 8.05. The van der Waals surface area contributed by atoms with Crippen molar-refractivity contribution >= 4 is 11.8 Å². The van der Waals surface area contributed by atoms with Gasteiger partial charge in [0.1, 0.15) is 11.8 Å². The fourth-order valence-corrected chi connectivity index (χ4v) is 4.27. The SMILES string of the molecule is COc1ccc(CN2C(=O)c3ccccc3[C@@H]2C(=O)NC2CCCCC2)cc1. The highest BCUT2D eigenvalue weighted by Crippen LogP contribution is 2.35. The molecule has 4 rings (SSSR count). The van der Waals surface area contributed by atoms with Gasteiger partial charge in [0, 0.05) is 18.2 Å². The predicted octanol–water partition coefficient (Wildman–Crippen LogP) is 3.84. The molecule has 0 saturated heterocycles. The smallest absolute Gasteiger partial charge is 0.255 e. The Morgan fingerprint density at radius 2 is 1.79 bits per heavy atom. The third kappa shape index (κ3) is 3.61. The largest absolute Gasteiger partial charge is 0.497 e. The molecule has 2 amide bonds. The van der Waals surface area contributed by atoms with Gasteiger partial charge in [0.05, 0.1) is 7.11 Å². The van der Waals surface area contributed by atoms with E-state index in [0.29, 0.717) is 12.1 Å². The lowest BCUT2D eigenvalue weighted by Gasteiger charge is -2.28. The molecule has 0 aromatic heterocycles. The lowest BCUT2D eigenvalue weighted by Crippen LogP contribution is -2.43. The van der Waals surface area contributed by atoms with Crippen molar-refractivity contribution in [1.82, 2.24) is 10.2 Å². The summed E-state index contributed by atoms with van der Waals surface area (Å²) in [6.07, 6.45) is 5.58. The molecule has 1 saturated carbocycles. The van der Waals surface area contributed by atoms with Crippen molar-refractivity contribution in [2.45, 2.75) is 50.7 Å². The summed E-state index contributed by atoms with van der Waals surface area (Å²) in [4.78, 5) is 27.9. The Hall–Kier alpha value is -2.82. The number of hydrogen-bond donors (Lipinski definition) is 1. The third-order valence-electron chi connectivity index (χ3n) is 5.77. The van der Waals surface area contributed by atoms with Gasteiger partial charge in [-0.15, -0.1) is 0 Å². The maximum Gasteiger partial charge on any atom is 0.255 e. The molecule has 1 atom stereocenters. The van der Waals surface area contributed by atoms with Gasteiger partial charge in [-0.25, -0.2) is 0 Å². The molecule has 1 aliphatic carbocycles. The number of carbonyl (C=O) groups excluding carboxylic acids is 2. The van der Waals surface area contributed by atoms with Gasteiger partial charge in [0.25, 0.3) is 5.91 Å². The second-order valence-electron chi connectivity index (χ2n) is 7.61. The summed E-state index contributed by atoms with van der Waals surface area (Å²) in [7, 11) is 1.63. The number of hydrogen-bond acceptors (Lipinski definition) is 3. The maximum absolute atomic E-state index is 13.2. The molecule has 1 fully saturated rings. The van der Waals surface area contributed by atoms with Crippen LogP contribution in [0.2, 0.25) is 0 Å². The number of benzene rings is 2. The lowest BCUT2D eigenvalue weighted by molar-refractivity contribution is -0.126. The fraction of sp³-hybridized carbons (Fsp3) is 0.391. The molecule has 0 radical (unpaired) electrons. The molecule has 2 aromatic rings. The van der Waals surface area contributed by atoms with Gasteiger partial charge in [-0.1, -0.05) is 49.6 Å². The van der Waals surface area contributed by atoms with E-state index in [0.717, 1.165) is 42.6 Å². The number of amides is 2. The van der Waals surface area contributed by atoms with Gasteiger partial charge >= 0.3 is 0 Å². The maximum atomic E-state index is 13.2. The van der Waals surface area contributed by atoms with E-state index in [1.165, 1.54) is 6.42 Å². The molecule has 1 aliphatic heterocycles. The van der Waals surface area contributed by atoms with Crippen LogP contribution < -0.4 is 10.1 Å². The first kappa shape index (κ1) is 18.5. The second-order valence-corrected chi connectivity index (χ2v) is 7.61. The summed E-state index contributed by atoms with van der Waals surface area (Å²) in [5.41, 5.74) is 2.39. The van der Waals surface area contributed by atoms with E-state index in [4.69, 9.17) is 4.74 Å². The number of carbonyl (C=O) groups is 2. The summed E-state index contributed by atoms with van der Waals surface area (Å²) in [6, 6.07) is 14.7. The van der Waals surface area contributed by atoms with Crippen LogP contribution >= 0.6 is 0 Å². The number of ether oxygens (including phenoxy) is 1. The van der Waals surface area contributed by atoms with E-state index in [1.54, 1.807) is 12.0 Å². The van der Waals surface area contributed by atoms with Crippen LogP contribution in [0.15, 0.2) is 48.5 Å². The van der Waals surface area contributed by atoms with Crippen LogP contribution in [0.5, 0.6) is 5.75 Å². The molecule has 5 heteroatoms. The highest BCUT2D eigenvalue weighted by molar-refractivity contribution is 6.04. The molecule has 0 unspecified atom stereocenters. The van der Waals surface area contributed by atoms with Crippen LogP contribution in [-0.4, -0.2) is 29.9 Å². The van der Waals surface area contributed by atoms with E-state index in [1.807, 2.05) is 48.5 Å². The highest BCUT2D eigenvalue weighted by atomic mass is 16.5. The van der Waals surface area contributed by atoms with Crippen LogP contribution in [0.1, 0.15) is 59.6 Å². The Labute approximate surface area is 165 Å². The summed E-state index contributed by atoms with van der Waals surface area (Å²) < 4.78 is 5.21. The van der Waals surface area contributed by atoms with E-state index in [2.05, 4.69) is 5.32 Å². The summed E-state index contributed by atoms with van der Waals surface area (Å²) >= 11 is 0. The minimum Gasteiger partial charge on any atom is -0.497 e. The van der Waals surface area contributed by atoms with Gasteiger partial charge in [0.2, 0.25) is 5.91 Å². The zero-order chi connectivity index (χ0) is 19.5. The third-order valence-corrected chi connectivity index (χ3v) is 5.77. The molecule has 1 heterocycles. The Balaban J connectivity index is 1.59. The fourth-order valence-electron chi connectivity index (χ4n) is 4.27. The minimum absolute atomic E-state index is 0.0706. The average Bonchev–Trinajstić information content (AvgIpc) is 3.01. The van der Waals surface area contributed by atoms with Crippen molar-refractivity contribution in [3.05, 3.63) is 65.2 Å². The standard InChI is InChI=1S/C23H26N2O3/c1-28-18-13-11-16(12-14-18)15-25-21(19-9-5-6-10-20(19)23(25)27)22(26)24-17-7-3-2-4-8-17/h5-6,9-14,17,21H,2-4,7-8,15H2,1H3,(H,24,26)/t21-/m1/s1. The number of nitrogens with zero attached hydrogens (tertiary/aromatic N) is 1. The van der Waals surface area contributed by atoms with Crippen LogP contribution in [0.3, 0.4) is 0 Å². The van der Waals surface area contributed by atoms with Crippen LogP contribution in [0.25, 0.3) is 0 Å². The van der Waals surface area contributed by atoms with E-state index in [-0.39, 0.29) is 17.9 Å². The molecule has 5 nitrogen and oxygen atoms in total. The molecule has 2 aliphatic rings. The summed E-state index contributed by atoms with van der Waals surface area (Å²) in [5, 5.41) is 3.20. The van der Waals surface area contributed by atoms with Gasteiger partial charge < -0.3 is 15.0 Å². The van der Waals surface area contributed by atoms with Gasteiger partial charge in [-0.3, -0.25) is 9.59 Å². The predicted molar refractivity (Wildman–Crippen MR) is 107 cm³/mol. The monoisotopic (exact) mass is 378 g/mol. The van der Waals surface area contributed by atoms with Crippen molar-refractivity contribution in [1.29, 1.82) is 0 Å². The van der Waals surface area contributed by atoms with Crippen molar-refractivity contribution in [2.75, 3.05) is 7.11 Å². The zero-order valence-corrected chi connectivity index (χ0v) is 16.2. The molecule has 2 aromatic carbocycles. The van der Waals surface area contributed by atoms with E-state index in [9.17, 15) is 9.59 Å². The van der Waals surface area contributed by atoms with Crippen LogP contribution in [0, 0.1) is 0 Å². The number of methoxy groups -OCH3 is 1. The molecule has 1 N–H and O–H groups in total. The molecule has 28 heavy (non-hydrogen) atoms. The molecular weight excluding hydrogens is 352 g/mol. The average molecular weight is 378 g/mol. The molecule has 146 valence electrons. The highest BCUT2D eigenvalue weighted by Gasteiger charge is 2.41. The van der Waals surface area contributed by atoms with Gasteiger partial charge in [0.15, 0.2) is 0 Å². The van der Waals surface area contributed by atoms with Crippen molar-refractivity contribution in [3.63, 3.8) is 0 Å². The summed E-state index contributed by atoms with van der Waals surface area (Å²) in [5.74, 6) is 0.611. The Morgan fingerprint density at radius 1 is 1.07 bits per heavy atom. The number of rotatable bonds is 5. The quantitative estimate of drug-likeness (QED) is 0.860. The van der Waals surface area contributed by atoms with Crippen molar-refractivity contribution < 1.29 is 14.3 Å². The Morgan fingerprint density at radius 3 is 2.50 bits per heavy atom. The number of fused-ring (bicyclic) bond motifs is 1. The topological polar surface area (TPSA) is 58.6 Å². The summed E-state index contributed by atoms with van der Waals surface area (Å²) in [6.45, 7) is 0.389. The minimum atomic E-state index is -0.576. The zero-order valence-electron chi connectivity index (χ0n) is 16.2.